The molecule has 8 rings (SSSR count). The van der Waals surface area contributed by atoms with Crippen LogP contribution in [0.1, 0.15) is 62.3 Å². The molecule has 0 aliphatic carbocycles. The van der Waals surface area contributed by atoms with Crippen LogP contribution in [0.3, 0.4) is 0 Å². The number of hydrogen-bond acceptors (Lipinski definition) is 9. The average Bonchev–Trinajstić information content (AvgIpc) is 3.77. The molecule has 4 unspecified atom stereocenters. The lowest BCUT2D eigenvalue weighted by molar-refractivity contribution is -0.268. The maximum Gasteiger partial charge on any atom is 0.261 e. The van der Waals surface area contributed by atoms with E-state index in [0.29, 0.717) is 22.0 Å². The lowest BCUT2D eigenvalue weighted by Crippen LogP contribution is -2.38. The summed E-state index contributed by atoms with van der Waals surface area (Å²) in [7, 11) is 0. The van der Waals surface area contributed by atoms with Gasteiger partial charge in [0, 0.05) is 17.2 Å². The van der Waals surface area contributed by atoms with Gasteiger partial charge in [-0.15, -0.1) is 5.10 Å². The Morgan fingerprint density at radius 2 is 1.37 bits per heavy atom. The van der Waals surface area contributed by atoms with E-state index in [9.17, 15) is 14.7 Å². The summed E-state index contributed by atoms with van der Waals surface area (Å²) in [6.07, 6.45) is -1.15. The summed E-state index contributed by atoms with van der Waals surface area (Å²) in [5, 5.41) is 22.7. The molecule has 11 heteroatoms. The van der Waals surface area contributed by atoms with Crippen molar-refractivity contribution in [2.75, 3.05) is 5.75 Å². The van der Waals surface area contributed by atoms with E-state index in [1.165, 1.54) is 16.7 Å². The molecule has 4 atom stereocenters. The Labute approximate surface area is 305 Å². The van der Waals surface area contributed by atoms with Gasteiger partial charge in [0.15, 0.2) is 6.29 Å². The first kappa shape index (κ1) is 33.7. The molecule has 1 N–H and O–H groups in total. The Morgan fingerprint density at radius 3 is 2.06 bits per heavy atom. The van der Waals surface area contributed by atoms with Crippen LogP contribution >= 0.6 is 11.8 Å². The summed E-state index contributed by atoms with van der Waals surface area (Å²) >= 11 is 1.53. The van der Waals surface area contributed by atoms with E-state index in [4.69, 9.17) is 9.47 Å². The second-order valence-corrected chi connectivity index (χ2v) is 13.9. The molecular formula is C41H35N5O5S. The Bertz CT molecular complexity index is 2170. The van der Waals surface area contributed by atoms with Crippen LogP contribution < -0.4 is 0 Å². The molecule has 0 bridgehead atoms. The van der Waals surface area contributed by atoms with Gasteiger partial charge in [0.05, 0.1) is 42.2 Å². The number of carbonyl (C=O) groups is 2. The van der Waals surface area contributed by atoms with Crippen LogP contribution in [0.15, 0.2) is 133 Å². The van der Waals surface area contributed by atoms with Gasteiger partial charge in [0.2, 0.25) is 5.16 Å². The number of nitrogens with zero attached hydrogens (tertiary/aromatic N) is 5. The highest BCUT2D eigenvalue weighted by Crippen LogP contribution is 2.43. The molecule has 0 spiro atoms. The monoisotopic (exact) mass is 709 g/mol. The van der Waals surface area contributed by atoms with Gasteiger partial charge in [-0.1, -0.05) is 122 Å². The van der Waals surface area contributed by atoms with Crippen molar-refractivity contribution >= 4 is 23.6 Å². The van der Waals surface area contributed by atoms with E-state index in [1.807, 2.05) is 103 Å². The Hall–Kier alpha value is -5.46. The highest BCUT2D eigenvalue weighted by atomic mass is 32.2. The second kappa shape index (κ2) is 14.6. The number of aliphatic hydroxyl groups excluding tert-OH is 1. The second-order valence-electron chi connectivity index (χ2n) is 12.9. The van der Waals surface area contributed by atoms with Gasteiger partial charge in [-0.25, -0.2) is 0 Å². The first-order chi connectivity index (χ1) is 25.5. The van der Waals surface area contributed by atoms with Gasteiger partial charge in [-0.05, 0) is 62.5 Å². The minimum atomic E-state index is -0.655. The normalized spacial score (nSPS) is 19.9. The number of aliphatic hydroxyl groups is 1. The molecule has 2 aliphatic rings. The lowest BCUT2D eigenvalue weighted by atomic mass is 9.91. The number of rotatable bonds is 10. The standard InChI is InChI=1S/C41H35N5O5S/c1-26-36(25-52-41-42-43-44-46(41)32-10-3-2-4-11-32)50-40(51-37(26)29-17-15-27(24-47)16-18-29)30-21-19-28(20-22-30)33-12-6-5-9-31(33)23-45-38(48)34-13-7-8-14-35(34)39(45)49/h2-22,26,36-37,40,47H,23-25H2,1H3. The minimum absolute atomic E-state index is 0.0157. The summed E-state index contributed by atoms with van der Waals surface area (Å²) in [5.74, 6) is 0.00817. The zero-order chi connectivity index (χ0) is 35.6. The molecule has 1 aromatic heterocycles. The van der Waals surface area contributed by atoms with Crippen molar-refractivity contribution in [3.05, 3.63) is 161 Å². The number of tetrazole rings is 1. The molecule has 1 saturated heterocycles. The van der Waals surface area contributed by atoms with Crippen LogP contribution in [0.5, 0.6) is 0 Å². The van der Waals surface area contributed by atoms with E-state index in [2.05, 4.69) is 22.4 Å². The molecule has 0 radical (unpaired) electrons. The number of para-hydroxylation sites is 1. The highest BCUT2D eigenvalue weighted by Gasteiger charge is 2.39. The van der Waals surface area contributed by atoms with Gasteiger partial charge in [-0.3, -0.25) is 14.5 Å². The van der Waals surface area contributed by atoms with Crippen LogP contribution in [0, 0.1) is 5.92 Å². The minimum Gasteiger partial charge on any atom is -0.392 e. The van der Waals surface area contributed by atoms with E-state index in [0.717, 1.165) is 39.1 Å². The molecule has 260 valence electrons. The van der Waals surface area contributed by atoms with Crippen LogP contribution in [0.2, 0.25) is 0 Å². The molecule has 10 nitrogen and oxygen atoms in total. The summed E-state index contributed by atoms with van der Waals surface area (Å²) in [4.78, 5) is 27.6. The third kappa shape index (κ3) is 6.55. The fourth-order valence-corrected chi connectivity index (χ4v) is 7.83. The molecule has 2 aliphatic heterocycles. The van der Waals surface area contributed by atoms with Crippen molar-refractivity contribution in [3.63, 3.8) is 0 Å². The van der Waals surface area contributed by atoms with Gasteiger partial charge < -0.3 is 14.6 Å². The average molecular weight is 710 g/mol. The summed E-state index contributed by atoms with van der Waals surface area (Å²) < 4.78 is 15.1. The molecule has 3 heterocycles. The molecule has 0 saturated carbocycles. The maximum atomic E-state index is 13.1. The van der Waals surface area contributed by atoms with Crippen LogP contribution in [-0.4, -0.2) is 53.9 Å². The summed E-state index contributed by atoms with van der Waals surface area (Å²) in [6, 6.07) is 40.4. The maximum absolute atomic E-state index is 13.1. The number of imide groups is 1. The van der Waals surface area contributed by atoms with E-state index in [1.54, 1.807) is 28.9 Å². The lowest BCUT2D eigenvalue weighted by Gasteiger charge is -2.41. The SMILES string of the molecule is CC1C(CSc2nnnn2-c2ccccc2)OC(c2ccc(-c3ccccc3CN3C(=O)c4ccccc4C3=O)cc2)OC1c1ccc(CO)cc1. The first-order valence-electron chi connectivity index (χ1n) is 17.1. The van der Waals surface area contributed by atoms with Crippen LogP contribution in [0.25, 0.3) is 16.8 Å². The van der Waals surface area contributed by atoms with Gasteiger partial charge in [-0.2, -0.15) is 4.68 Å². The van der Waals surface area contributed by atoms with E-state index < -0.39 is 6.29 Å². The van der Waals surface area contributed by atoms with Crippen molar-refractivity contribution in [3.8, 4) is 16.8 Å². The van der Waals surface area contributed by atoms with Crippen molar-refractivity contribution < 1.29 is 24.2 Å². The topological polar surface area (TPSA) is 120 Å². The molecule has 1 fully saturated rings. The Balaban J connectivity index is 1.04. The number of ether oxygens (including phenoxy) is 2. The predicted octanol–water partition coefficient (Wildman–Crippen LogP) is 7.20. The van der Waals surface area contributed by atoms with Crippen molar-refractivity contribution in [2.24, 2.45) is 5.92 Å². The fraction of sp³-hybridized carbons (Fsp3) is 0.195. The van der Waals surface area contributed by atoms with Crippen molar-refractivity contribution in [2.45, 2.75) is 43.7 Å². The van der Waals surface area contributed by atoms with Gasteiger partial charge >= 0.3 is 0 Å². The molecule has 5 aromatic carbocycles. The molecule has 6 aromatic rings. The number of benzene rings is 5. The van der Waals surface area contributed by atoms with Crippen LogP contribution in [0.4, 0.5) is 0 Å². The molecule has 2 amide bonds. The molecule has 52 heavy (non-hydrogen) atoms. The number of aromatic nitrogens is 4. The zero-order valence-electron chi connectivity index (χ0n) is 28.3. The highest BCUT2D eigenvalue weighted by molar-refractivity contribution is 7.99. The summed E-state index contributed by atoms with van der Waals surface area (Å²) in [6.45, 7) is 2.26. The third-order valence-corrected chi connectivity index (χ3v) is 10.7. The first-order valence-corrected chi connectivity index (χ1v) is 18.1. The zero-order valence-corrected chi connectivity index (χ0v) is 29.1. The number of hydrogen-bond donors (Lipinski definition) is 1. The Kier molecular flexibility index (Phi) is 9.48. The third-order valence-electron chi connectivity index (χ3n) is 9.66. The van der Waals surface area contributed by atoms with Crippen LogP contribution in [-0.2, 0) is 22.6 Å². The quantitative estimate of drug-likeness (QED) is 0.116. The number of fused-ring (bicyclic) bond motifs is 1. The smallest absolute Gasteiger partial charge is 0.261 e. The van der Waals surface area contributed by atoms with E-state index >= 15 is 0 Å². The van der Waals surface area contributed by atoms with Crippen molar-refractivity contribution in [1.82, 2.24) is 25.1 Å². The summed E-state index contributed by atoms with van der Waals surface area (Å²) in [5.41, 5.74) is 7.17. The van der Waals surface area contributed by atoms with Gasteiger partial charge in [0.1, 0.15) is 0 Å². The van der Waals surface area contributed by atoms with Crippen molar-refractivity contribution in [1.29, 1.82) is 0 Å². The molecular weight excluding hydrogens is 675 g/mol. The number of carbonyl (C=O) groups excluding carboxylic acids is 2. The fourth-order valence-electron chi connectivity index (χ4n) is 6.78. The number of amides is 2. The Morgan fingerprint density at radius 1 is 0.731 bits per heavy atom. The van der Waals surface area contributed by atoms with E-state index in [-0.39, 0.29) is 43.1 Å². The largest absolute Gasteiger partial charge is 0.392 e. The number of thioether (sulfide) groups is 1. The van der Waals surface area contributed by atoms with Gasteiger partial charge in [0.25, 0.3) is 11.8 Å². The predicted molar refractivity (Wildman–Crippen MR) is 195 cm³/mol.